The molecule has 0 spiro atoms. The minimum Gasteiger partial charge on any atom is -0.396 e. The first kappa shape index (κ1) is 11.7. The monoisotopic (exact) mass is 218 g/mol. The molecule has 1 saturated carbocycles. The van der Waals surface area contributed by atoms with Gasteiger partial charge in [-0.05, 0) is 74.3 Å². The van der Waals surface area contributed by atoms with Gasteiger partial charge in [-0.15, -0.1) is 0 Å². The van der Waals surface area contributed by atoms with Gasteiger partial charge in [0.2, 0.25) is 0 Å². The molecule has 1 aliphatic rings. The molecule has 2 rings (SSSR count). The largest absolute Gasteiger partial charge is 0.396 e. The molecule has 1 fully saturated rings. The summed E-state index contributed by atoms with van der Waals surface area (Å²) in [5.74, 6) is 1.10. The van der Waals surface area contributed by atoms with Crippen LogP contribution in [0.25, 0.3) is 0 Å². The van der Waals surface area contributed by atoms with Crippen LogP contribution >= 0.6 is 0 Å². The molecule has 1 aliphatic carbocycles. The number of aryl methyl sites for hydroxylation is 2. The van der Waals surface area contributed by atoms with Crippen LogP contribution in [-0.4, -0.2) is 11.7 Å². The van der Waals surface area contributed by atoms with Gasteiger partial charge >= 0.3 is 0 Å². The molecule has 1 nitrogen and oxygen atoms in total. The molecule has 1 aromatic carbocycles. The van der Waals surface area contributed by atoms with Crippen molar-refractivity contribution in [3.63, 3.8) is 0 Å². The summed E-state index contributed by atoms with van der Waals surface area (Å²) >= 11 is 0. The van der Waals surface area contributed by atoms with Gasteiger partial charge < -0.3 is 5.11 Å². The molecule has 88 valence electrons. The van der Waals surface area contributed by atoms with Crippen molar-refractivity contribution in [2.24, 2.45) is 5.92 Å². The first-order valence-corrected chi connectivity index (χ1v) is 6.24. The lowest BCUT2D eigenvalue weighted by molar-refractivity contribution is 0.252. The number of aliphatic hydroxyl groups is 1. The Kier molecular flexibility index (Phi) is 3.07. The van der Waals surface area contributed by atoms with Gasteiger partial charge in [-0.3, -0.25) is 0 Å². The zero-order chi connectivity index (χ0) is 11.9. The van der Waals surface area contributed by atoms with Gasteiger partial charge in [-0.2, -0.15) is 0 Å². The average molecular weight is 218 g/mol. The molecule has 1 heteroatoms. The average Bonchev–Trinajstić information content (AvgIpc) is 3.05. The van der Waals surface area contributed by atoms with E-state index in [2.05, 4.69) is 33.8 Å². The number of benzene rings is 1. The first-order chi connectivity index (χ1) is 7.56. The maximum atomic E-state index is 9.62. The molecule has 0 bridgehead atoms. The van der Waals surface area contributed by atoms with Crippen LogP contribution in [0.1, 0.15) is 46.6 Å². The fraction of sp³-hybridized carbons (Fsp3) is 0.600. The zero-order valence-electron chi connectivity index (χ0n) is 10.8. The fourth-order valence-corrected chi connectivity index (χ4v) is 2.78. The standard InChI is InChI=1S/C15H22O/c1-9-7-10(2)12(4)15(11(9)3)14(8-16)13-5-6-13/h7,13-14,16H,5-6,8H2,1-4H3. The summed E-state index contributed by atoms with van der Waals surface area (Å²) in [6.45, 7) is 9.04. The van der Waals surface area contributed by atoms with E-state index in [9.17, 15) is 5.11 Å². The lowest BCUT2D eigenvalue weighted by Crippen LogP contribution is -2.12. The predicted octanol–water partition coefficient (Wildman–Crippen LogP) is 3.41. The van der Waals surface area contributed by atoms with E-state index < -0.39 is 0 Å². The Morgan fingerprint density at radius 3 is 2.00 bits per heavy atom. The Bertz CT molecular complexity index is 376. The van der Waals surface area contributed by atoms with E-state index in [1.807, 2.05) is 0 Å². The van der Waals surface area contributed by atoms with Crippen molar-refractivity contribution in [3.05, 3.63) is 33.9 Å². The van der Waals surface area contributed by atoms with Crippen LogP contribution in [0, 0.1) is 33.6 Å². The second-order valence-corrected chi connectivity index (χ2v) is 5.30. The van der Waals surface area contributed by atoms with Crippen molar-refractivity contribution in [1.82, 2.24) is 0 Å². The Hall–Kier alpha value is -0.820. The second kappa shape index (κ2) is 4.21. The van der Waals surface area contributed by atoms with Gasteiger partial charge in [0.1, 0.15) is 0 Å². The molecule has 0 amide bonds. The molecule has 1 atom stereocenters. The summed E-state index contributed by atoms with van der Waals surface area (Å²) in [5.41, 5.74) is 6.90. The van der Waals surface area contributed by atoms with Gasteiger partial charge in [-0.25, -0.2) is 0 Å². The third-order valence-electron chi connectivity index (χ3n) is 4.18. The van der Waals surface area contributed by atoms with Crippen molar-refractivity contribution in [2.45, 2.75) is 46.5 Å². The number of aliphatic hydroxyl groups excluding tert-OH is 1. The van der Waals surface area contributed by atoms with Crippen molar-refractivity contribution < 1.29 is 5.11 Å². The van der Waals surface area contributed by atoms with Gasteiger partial charge in [0.05, 0.1) is 6.61 Å². The molecular weight excluding hydrogens is 196 g/mol. The molecule has 0 radical (unpaired) electrons. The lowest BCUT2D eigenvalue weighted by atomic mass is 9.84. The second-order valence-electron chi connectivity index (χ2n) is 5.30. The van der Waals surface area contributed by atoms with Gasteiger partial charge in [0.25, 0.3) is 0 Å². The molecular formula is C15H22O. The molecule has 0 heterocycles. The SMILES string of the molecule is Cc1cc(C)c(C)c(C(CO)C2CC2)c1C. The van der Waals surface area contributed by atoms with Crippen molar-refractivity contribution in [1.29, 1.82) is 0 Å². The summed E-state index contributed by atoms with van der Waals surface area (Å²) in [6, 6.07) is 2.26. The van der Waals surface area contributed by atoms with Gasteiger partial charge in [0.15, 0.2) is 0 Å². The van der Waals surface area contributed by atoms with Gasteiger partial charge in [0, 0.05) is 5.92 Å². The summed E-state index contributed by atoms with van der Waals surface area (Å²) in [4.78, 5) is 0. The molecule has 1 N–H and O–H groups in total. The van der Waals surface area contributed by atoms with Crippen LogP contribution in [0.2, 0.25) is 0 Å². The minimum absolute atomic E-state index is 0.301. The van der Waals surface area contributed by atoms with E-state index in [1.165, 1.54) is 40.7 Å². The summed E-state index contributed by atoms with van der Waals surface area (Å²) in [5, 5.41) is 9.62. The highest BCUT2D eigenvalue weighted by atomic mass is 16.3. The van der Waals surface area contributed by atoms with Crippen LogP contribution in [0.15, 0.2) is 6.07 Å². The van der Waals surface area contributed by atoms with E-state index in [0.717, 1.165) is 5.92 Å². The fourth-order valence-electron chi connectivity index (χ4n) is 2.78. The maximum absolute atomic E-state index is 9.62. The van der Waals surface area contributed by atoms with E-state index >= 15 is 0 Å². The number of hydrogen-bond acceptors (Lipinski definition) is 1. The molecule has 16 heavy (non-hydrogen) atoms. The number of hydrogen-bond donors (Lipinski definition) is 1. The summed E-state index contributed by atoms with van der Waals surface area (Å²) in [7, 11) is 0. The minimum atomic E-state index is 0.301. The highest BCUT2D eigenvalue weighted by Crippen LogP contribution is 2.45. The quantitative estimate of drug-likeness (QED) is 0.824. The van der Waals surface area contributed by atoms with Gasteiger partial charge in [-0.1, -0.05) is 6.07 Å². The van der Waals surface area contributed by atoms with E-state index in [1.54, 1.807) is 0 Å². The highest BCUT2D eigenvalue weighted by Gasteiger charge is 2.33. The van der Waals surface area contributed by atoms with Crippen molar-refractivity contribution in [3.8, 4) is 0 Å². The van der Waals surface area contributed by atoms with Crippen LogP contribution in [0.5, 0.6) is 0 Å². The molecule has 0 aliphatic heterocycles. The van der Waals surface area contributed by atoms with Crippen LogP contribution in [0.3, 0.4) is 0 Å². The first-order valence-electron chi connectivity index (χ1n) is 6.24. The number of rotatable bonds is 3. The Balaban J connectivity index is 2.52. The highest BCUT2D eigenvalue weighted by molar-refractivity contribution is 5.46. The molecule has 1 aromatic rings. The maximum Gasteiger partial charge on any atom is 0.0502 e. The van der Waals surface area contributed by atoms with E-state index in [0.29, 0.717) is 12.5 Å². The van der Waals surface area contributed by atoms with E-state index in [4.69, 9.17) is 0 Å². The molecule has 0 aromatic heterocycles. The van der Waals surface area contributed by atoms with Crippen LogP contribution in [-0.2, 0) is 0 Å². The third-order valence-corrected chi connectivity index (χ3v) is 4.18. The molecule has 0 saturated heterocycles. The van der Waals surface area contributed by atoms with Crippen LogP contribution < -0.4 is 0 Å². The summed E-state index contributed by atoms with van der Waals surface area (Å²) < 4.78 is 0. The molecule has 1 unspecified atom stereocenters. The predicted molar refractivity (Wildman–Crippen MR) is 67.9 cm³/mol. The third kappa shape index (κ3) is 1.89. The Morgan fingerprint density at radius 1 is 1.12 bits per heavy atom. The Labute approximate surface area is 98.5 Å². The van der Waals surface area contributed by atoms with Crippen molar-refractivity contribution in [2.75, 3.05) is 6.61 Å². The summed E-state index contributed by atoms with van der Waals surface area (Å²) in [6.07, 6.45) is 2.58. The smallest absolute Gasteiger partial charge is 0.0502 e. The lowest BCUT2D eigenvalue weighted by Gasteiger charge is -2.22. The normalized spacial score (nSPS) is 17.6. The van der Waals surface area contributed by atoms with Crippen molar-refractivity contribution >= 4 is 0 Å². The zero-order valence-corrected chi connectivity index (χ0v) is 10.8. The van der Waals surface area contributed by atoms with Crippen LogP contribution in [0.4, 0.5) is 0 Å². The Morgan fingerprint density at radius 2 is 1.62 bits per heavy atom. The van der Waals surface area contributed by atoms with E-state index in [-0.39, 0.29) is 0 Å². The topological polar surface area (TPSA) is 20.2 Å².